The lowest BCUT2D eigenvalue weighted by atomic mass is 9.98. The van der Waals surface area contributed by atoms with Crippen LogP contribution in [0.5, 0.6) is 0 Å². The Balaban J connectivity index is 1.32. The quantitative estimate of drug-likeness (QED) is 0.429. The van der Waals surface area contributed by atoms with Gasteiger partial charge in [0.05, 0.1) is 12.0 Å². The molecule has 1 atom stereocenters. The first kappa shape index (κ1) is 22.0. The van der Waals surface area contributed by atoms with Crippen LogP contribution in [-0.2, 0) is 6.42 Å². The van der Waals surface area contributed by atoms with Gasteiger partial charge >= 0.3 is 0 Å². The van der Waals surface area contributed by atoms with Gasteiger partial charge in [0.1, 0.15) is 17.0 Å². The van der Waals surface area contributed by atoms with Crippen molar-refractivity contribution in [3.05, 3.63) is 77.9 Å². The summed E-state index contributed by atoms with van der Waals surface area (Å²) in [7, 11) is 2.17. The summed E-state index contributed by atoms with van der Waals surface area (Å²) in [6.45, 7) is 2.08. The third-order valence-corrected chi connectivity index (χ3v) is 7.76. The van der Waals surface area contributed by atoms with E-state index in [1.807, 2.05) is 12.1 Å². The van der Waals surface area contributed by atoms with Gasteiger partial charge in [0, 0.05) is 36.1 Å². The summed E-state index contributed by atoms with van der Waals surface area (Å²) in [6.07, 6.45) is 4.68. The maximum atomic E-state index is 10.1. The second-order valence-electron chi connectivity index (χ2n) is 8.80. The molecular formula is C27H30N4OS. The lowest BCUT2D eigenvalue weighted by Gasteiger charge is -2.40. The highest BCUT2D eigenvalue weighted by Crippen LogP contribution is 2.38. The van der Waals surface area contributed by atoms with Gasteiger partial charge in [-0.25, -0.2) is 9.97 Å². The molecule has 1 N–H and O–H groups in total. The monoisotopic (exact) mass is 458 g/mol. The van der Waals surface area contributed by atoms with E-state index in [9.17, 15) is 5.11 Å². The van der Waals surface area contributed by atoms with Crippen LogP contribution in [0, 0.1) is 0 Å². The third-order valence-electron chi connectivity index (χ3n) is 6.88. The number of hydrogen-bond acceptors (Lipinski definition) is 6. The SMILES string of the molecule is CN(C1CCN(c2ncnc3scc(-c4ccccc4)c23)CC1)C(CO)Cc1ccccc1. The van der Waals surface area contributed by atoms with Gasteiger partial charge < -0.3 is 10.0 Å². The number of thiophene rings is 1. The van der Waals surface area contributed by atoms with Crippen molar-refractivity contribution >= 4 is 27.4 Å². The number of nitrogens with zero attached hydrogens (tertiary/aromatic N) is 4. The van der Waals surface area contributed by atoms with Crippen LogP contribution in [0.2, 0.25) is 0 Å². The molecule has 1 fully saturated rings. The number of rotatable bonds is 7. The fourth-order valence-electron chi connectivity index (χ4n) is 4.94. The van der Waals surface area contributed by atoms with E-state index in [0.29, 0.717) is 6.04 Å². The summed E-state index contributed by atoms with van der Waals surface area (Å²) in [6, 6.07) is 21.6. The largest absolute Gasteiger partial charge is 0.395 e. The normalized spacial score (nSPS) is 15.9. The van der Waals surface area contributed by atoms with Gasteiger partial charge in [-0.2, -0.15) is 0 Å². The van der Waals surface area contributed by atoms with Crippen molar-refractivity contribution in [2.24, 2.45) is 0 Å². The third kappa shape index (κ3) is 4.64. The van der Waals surface area contributed by atoms with E-state index >= 15 is 0 Å². The highest BCUT2D eigenvalue weighted by Gasteiger charge is 2.28. The number of benzene rings is 2. The highest BCUT2D eigenvalue weighted by atomic mass is 32.1. The lowest BCUT2D eigenvalue weighted by Crippen LogP contribution is -2.49. The van der Waals surface area contributed by atoms with Crippen molar-refractivity contribution in [3.8, 4) is 11.1 Å². The Morgan fingerprint density at radius 1 is 1.03 bits per heavy atom. The minimum absolute atomic E-state index is 0.135. The Morgan fingerprint density at radius 3 is 2.42 bits per heavy atom. The first-order chi connectivity index (χ1) is 16.2. The molecule has 0 spiro atoms. The number of aliphatic hydroxyl groups excluding tert-OH is 1. The molecule has 0 aliphatic carbocycles. The molecule has 1 aliphatic heterocycles. The molecule has 1 unspecified atom stereocenters. The highest BCUT2D eigenvalue weighted by molar-refractivity contribution is 7.17. The molecule has 4 aromatic rings. The second kappa shape index (κ2) is 10.00. The zero-order chi connectivity index (χ0) is 22.6. The Hall–Kier alpha value is -2.80. The van der Waals surface area contributed by atoms with Crippen LogP contribution in [0.4, 0.5) is 5.82 Å². The average Bonchev–Trinajstić information content (AvgIpc) is 3.33. The Kier molecular flexibility index (Phi) is 6.67. The van der Waals surface area contributed by atoms with E-state index in [2.05, 4.69) is 75.7 Å². The number of hydrogen-bond donors (Lipinski definition) is 1. The van der Waals surface area contributed by atoms with Gasteiger partial charge in [0.25, 0.3) is 0 Å². The summed E-state index contributed by atoms with van der Waals surface area (Å²) in [5.74, 6) is 1.05. The van der Waals surface area contributed by atoms with Gasteiger partial charge in [0.15, 0.2) is 0 Å². The van der Waals surface area contributed by atoms with Crippen molar-refractivity contribution in [1.82, 2.24) is 14.9 Å². The van der Waals surface area contributed by atoms with E-state index in [4.69, 9.17) is 4.98 Å². The number of fused-ring (bicyclic) bond motifs is 1. The summed E-state index contributed by atoms with van der Waals surface area (Å²) in [5.41, 5.74) is 3.70. The van der Waals surface area contributed by atoms with Crippen LogP contribution in [-0.4, -0.2) is 58.8 Å². The molecule has 33 heavy (non-hydrogen) atoms. The minimum Gasteiger partial charge on any atom is -0.395 e. The predicted octanol–water partition coefficient (Wildman–Crippen LogP) is 4.86. The van der Waals surface area contributed by atoms with Gasteiger partial charge in [-0.15, -0.1) is 11.3 Å². The molecule has 0 radical (unpaired) electrons. The van der Waals surface area contributed by atoms with Crippen LogP contribution in [0.15, 0.2) is 72.4 Å². The second-order valence-corrected chi connectivity index (χ2v) is 9.66. The van der Waals surface area contributed by atoms with E-state index < -0.39 is 0 Å². The molecule has 0 saturated carbocycles. The van der Waals surface area contributed by atoms with Gasteiger partial charge in [0.2, 0.25) is 0 Å². The number of piperidine rings is 1. The molecule has 5 rings (SSSR count). The molecule has 1 saturated heterocycles. The fraction of sp³-hybridized carbons (Fsp3) is 0.333. The van der Waals surface area contributed by atoms with Gasteiger partial charge in [-0.3, -0.25) is 4.90 Å². The van der Waals surface area contributed by atoms with Crippen molar-refractivity contribution in [2.75, 3.05) is 31.6 Å². The number of aromatic nitrogens is 2. The first-order valence-electron chi connectivity index (χ1n) is 11.6. The number of anilines is 1. The molecule has 170 valence electrons. The van der Waals surface area contributed by atoms with Crippen molar-refractivity contribution < 1.29 is 5.11 Å². The molecule has 5 nitrogen and oxygen atoms in total. The molecule has 0 bridgehead atoms. The van der Waals surface area contributed by atoms with Crippen LogP contribution in [0.3, 0.4) is 0 Å². The number of likely N-dealkylation sites (N-methyl/N-ethyl adjacent to an activating group) is 1. The van der Waals surface area contributed by atoms with Gasteiger partial charge in [-0.05, 0) is 37.4 Å². The first-order valence-corrected chi connectivity index (χ1v) is 12.5. The lowest BCUT2D eigenvalue weighted by molar-refractivity contribution is 0.0958. The van der Waals surface area contributed by atoms with Crippen LogP contribution in [0.1, 0.15) is 18.4 Å². The summed E-state index contributed by atoms with van der Waals surface area (Å²) in [5, 5.41) is 13.5. The van der Waals surface area contributed by atoms with Crippen LogP contribution in [0.25, 0.3) is 21.3 Å². The molecular weight excluding hydrogens is 428 g/mol. The standard InChI is InChI=1S/C27H30N4OS/c1-30(23(17-32)16-20-8-4-2-5-9-20)22-12-14-31(15-13-22)26-25-24(21-10-6-3-7-11-21)18-33-27(25)29-19-28-26/h2-11,18-19,22-23,32H,12-17H2,1H3. The number of aliphatic hydroxyl groups is 1. The fourth-order valence-corrected chi connectivity index (χ4v) is 5.85. The maximum absolute atomic E-state index is 10.1. The molecule has 3 heterocycles. The minimum atomic E-state index is 0.135. The van der Waals surface area contributed by atoms with Crippen LogP contribution < -0.4 is 4.90 Å². The Bertz CT molecular complexity index is 1170. The zero-order valence-electron chi connectivity index (χ0n) is 19.0. The van der Waals surface area contributed by atoms with Crippen LogP contribution >= 0.6 is 11.3 Å². The Labute approximate surface area is 199 Å². The predicted molar refractivity (Wildman–Crippen MR) is 137 cm³/mol. The van der Waals surface area contributed by atoms with Crippen molar-refractivity contribution in [1.29, 1.82) is 0 Å². The summed E-state index contributed by atoms with van der Waals surface area (Å²) < 4.78 is 0. The van der Waals surface area contributed by atoms with E-state index in [1.54, 1.807) is 17.7 Å². The maximum Gasteiger partial charge on any atom is 0.141 e. The Morgan fingerprint density at radius 2 is 1.73 bits per heavy atom. The average molecular weight is 459 g/mol. The zero-order valence-corrected chi connectivity index (χ0v) is 19.8. The van der Waals surface area contributed by atoms with Crippen molar-refractivity contribution in [2.45, 2.75) is 31.3 Å². The summed E-state index contributed by atoms with van der Waals surface area (Å²) in [4.78, 5) is 15.1. The summed E-state index contributed by atoms with van der Waals surface area (Å²) >= 11 is 1.69. The van der Waals surface area contributed by atoms with E-state index in [-0.39, 0.29) is 12.6 Å². The molecule has 2 aromatic heterocycles. The smallest absolute Gasteiger partial charge is 0.141 e. The van der Waals surface area contributed by atoms with E-state index in [0.717, 1.165) is 48.4 Å². The topological polar surface area (TPSA) is 52.5 Å². The van der Waals surface area contributed by atoms with Crippen molar-refractivity contribution in [3.63, 3.8) is 0 Å². The van der Waals surface area contributed by atoms with Gasteiger partial charge in [-0.1, -0.05) is 60.7 Å². The molecule has 1 aliphatic rings. The molecule has 6 heteroatoms. The van der Waals surface area contributed by atoms with E-state index in [1.165, 1.54) is 16.7 Å². The molecule has 0 amide bonds. The molecule has 2 aromatic carbocycles.